The maximum Gasteiger partial charge on any atom is 0.411 e. The Morgan fingerprint density at radius 1 is 1.10 bits per heavy atom. The lowest BCUT2D eigenvalue weighted by Gasteiger charge is -2.45. The number of amides is 2. The summed E-state index contributed by atoms with van der Waals surface area (Å²) in [6.45, 7) is 6.07. The Labute approximate surface area is 228 Å². The van der Waals surface area contributed by atoms with Gasteiger partial charge in [0, 0.05) is 30.9 Å². The Bertz CT molecular complexity index is 1270. The van der Waals surface area contributed by atoms with E-state index in [-0.39, 0.29) is 12.1 Å². The molecule has 3 aromatic rings. The van der Waals surface area contributed by atoms with Crippen LogP contribution in [-0.4, -0.2) is 49.6 Å². The van der Waals surface area contributed by atoms with Crippen molar-refractivity contribution >= 4 is 12.2 Å². The summed E-state index contributed by atoms with van der Waals surface area (Å²) in [5.41, 5.74) is 7.10. The number of carbonyl (C=O) groups excluding carboxylic acids is 1. The van der Waals surface area contributed by atoms with Gasteiger partial charge in [-0.3, -0.25) is 0 Å². The zero-order valence-corrected chi connectivity index (χ0v) is 22.6. The number of hydrogen-bond donors (Lipinski definition) is 3. The van der Waals surface area contributed by atoms with Crippen LogP contribution in [0.4, 0.5) is 9.59 Å². The Morgan fingerprint density at radius 2 is 1.74 bits per heavy atom. The molecule has 0 spiro atoms. The minimum atomic E-state index is -1.33. The van der Waals surface area contributed by atoms with Crippen molar-refractivity contribution in [1.29, 1.82) is 0 Å². The number of nitrogens with zero attached hydrogens (tertiary/aromatic N) is 3. The number of nitrogens with two attached hydrogens (primary N) is 1. The second-order valence-corrected chi connectivity index (χ2v) is 10.9. The predicted octanol–water partition coefficient (Wildman–Crippen LogP) is 5.60. The number of ether oxygens (including phenoxy) is 1. The third-order valence-corrected chi connectivity index (χ3v) is 7.13. The number of hydrogen-bond acceptors (Lipinski definition) is 6. The average molecular weight is 533 g/mol. The van der Waals surface area contributed by atoms with Gasteiger partial charge in [-0.25, -0.2) is 9.59 Å². The van der Waals surface area contributed by atoms with Crippen LogP contribution in [0, 0.1) is 0 Å². The molecular weight excluding hydrogens is 496 g/mol. The molecule has 1 aliphatic heterocycles. The van der Waals surface area contributed by atoms with E-state index in [1.54, 1.807) is 18.7 Å². The lowest BCUT2D eigenvalue weighted by molar-refractivity contribution is -0.101. The lowest BCUT2D eigenvalue weighted by atomic mass is 9.80. The molecule has 9 heteroatoms. The van der Waals surface area contributed by atoms with Crippen molar-refractivity contribution in [3.8, 4) is 11.3 Å². The molecule has 2 heterocycles. The second-order valence-electron chi connectivity index (χ2n) is 10.9. The van der Waals surface area contributed by atoms with Crippen molar-refractivity contribution in [2.45, 2.75) is 69.6 Å². The maximum atomic E-state index is 13.3. The molecule has 1 aliphatic carbocycles. The van der Waals surface area contributed by atoms with Crippen molar-refractivity contribution in [3.05, 3.63) is 83.6 Å². The van der Waals surface area contributed by atoms with E-state index in [4.69, 9.17) is 14.6 Å². The second kappa shape index (κ2) is 11.4. The predicted molar refractivity (Wildman–Crippen MR) is 147 cm³/mol. The minimum absolute atomic E-state index is 0.143. The van der Waals surface area contributed by atoms with E-state index in [9.17, 15) is 9.90 Å². The molecule has 4 N–H and O–H groups in total. The van der Waals surface area contributed by atoms with Gasteiger partial charge in [-0.2, -0.15) is 10.2 Å². The summed E-state index contributed by atoms with van der Waals surface area (Å²) in [4.78, 5) is 23.8. The minimum Gasteiger partial charge on any atom is -0.465 e. The zero-order valence-electron chi connectivity index (χ0n) is 22.6. The molecule has 206 valence electrons. The van der Waals surface area contributed by atoms with Crippen LogP contribution in [0.3, 0.4) is 0 Å². The zero-order chi connectivity index (χ0) is 28.2. The van der Waals surface area contributed by atoms with Gasteiger partial charge >= 0.3 is 12.2 Å². The number of primary amides is 1. The lowest BCUT2D eigenvalue weighted by Crippen LogP contribution is -2.51. The van der Waals surface area contributed by atoms with Crippen LogP contribution in [0.15, 0.2) is 66.7 Å². The molecule has 1 saturated carbocycles. The molecule has 2 fully saturated rings. The number of rotatable bonds is 7. The van der Waals surface area contributed by atoms with Gasteiger partial charge in [-0.1, -0.05) is 54.6 Å². The van der Waals surface area contributed by atoms with E-state index in [1.165, 1.54) is 12.8 Å². The van der Waals surface area contributed by atoms with Crippen LogP contribution >= 0.6 is 0 Å². The summed E-state index contributed by atoms with van der Waals surface area (Å²) in [5, 5.41) is 26.6. The number of carboxylic acid groups (broad SMARTS) is 1. The maximum absolute atomic E-state index is 13.3. The van der Waals surface area contributed by atoms with Gasteiger partial charge in [0.25, 0.3) is 0 Å². The first kappa shape index (κ1) is 28.0. The van der Waals surface area contributed by atoms with E-state index >= 15 is 0 Å². The molecule has 0 bridgehead atoms. The fraction of sp³-hybridized carbons (Fsp3) is 0.400. The molecule has 1 saturated heterocycles. The van der Waals surface area contributed by atoms with Crippen LogP contribution in [0.5, 0.6) is 0 Å². The highest BCUT2D eigenvalue weighted by atomic mass is 16.6. The Hall–Kier alpha value is -3.98. The molecule has 2 atom stereocenters. The van der Waals surface area contributed by atoms with E-state index < -0.39 is 17.3 Å². The van der Waals surface area contributed by atoms with Gasteiger partial charge in [0.1, 0.15) is 5.60 Å². The SMILES string of the molecule is C[C@@H](c1ccc(-c2ccc(C3CC3)nn2)cc1)N1CC[C@](CC(C)(C)O)(c2ccccc2)OC1=O.NC(=O)O. The summed E-state index contributed by atoms with van der Waals surface area (Å²) in [6, 6.07) is 21.9. The van der Waals surface area contributed by atoms with Gasteiger partial charge < -0.3 is 25.6 Å². The molecule has 0 unspecified atom stereocenters. The number of aromatic nitrogens is 2. The quantitative estimate of drug-likeness (QED) is 0.360. The van der Waals surface area contributed by atoms with Crippen molar-refractivity contribution in [1.82, 2.24) is 15.1 Å². The van der Waals surface area contributed by atoms with Gasteiger partial charge in [-0.05, 0) is 56.9 Å². The molecule has 5 rings (SSSR count). The number of cyclic esters (lactones) is 1. The molecule has 0 radical (unpaired) electrons. The van der Waals surface area contributed by atoms with Crippen LogP contribution in [0.2, 0.25) is 0 Å². The molecule has 2 aromatic carbocycles. The first-order chi connectivity index (χ1) is 18.5. The third-order valence-electron chi connectivity index (χ3n) is 7.13. The van der Waals surface area contributed by atoms with Crippen molar-refractivity contribution in [2.24, 2.45) is 5.73 Å². The summed E-state index contributed by atoms with van der Waals surface area (Å²) in [7, 11) is 0. The standard InChI is InChI=1S/C29H33N3O3.CH3NO2/c1-20(21-9-11-22(12-10-21)25-15-16-26(31-30-25)23-13-14-23)32-18-17-29(35-27(32)33,19-28(2,3)34)24-7-5-4-6-8-24;2-1(3)4/h4-12,15-16,20,23,34H,13-14,17-19H2,1-3H3;2H2,(H,3,4)/t20-,29-;/m0./s1. The van der Waals surface area contributed by atoms with Crippen LogP contribution in [-0.2, 0) is 10.3 Å². The first-order valence-corrected chi connectivity index (χ1v) is 13.2. The molecule has 2 amide bonds. The molecule has 2 aliphatic rings. The topological polar surface area (TPSA) is 139 Å². The van der Waals surface area contributed by atoms with E-state index in [0.717, 1.165) is 28.1 Å². The highest BCUT2D eigenvalue weighted by Gasteiger charge is 2.46. The van der Waals surface area contributed by atoms with E-state index in [1.807, 2.05) is 67.6 Å². The summed E-state index contributed by atoms with van der Waals surface area (Å²) in [6.07, 6.45) is 1.68. The van der Waals surface area contributed by atoms with Crippen molar-refractivity contribution in [3.63, 3.8) is 0 Å². The van der Waals surface area contributed by atoms with Gasteiger partial charge in [-0.15, -0.1) is 0 Å². The fourth-order valence-electron chi connectivity index (χ4n) is 5.10. The largest absolute Gasteiger partial charge is 0.465 e. The third kappa shape index (κ3) is 7.11. The first-order valence-electron chi connectivity index (χ1n) is 13.2. The molecule has 39 heavy (non-hydrogen) atoms. The van der Waals surface area contributed by atoms with E-state index in [2.05, 4.69) is 22.0 Å². The summed E-state index contributed by atoms with van der Waals surface area (Å²) >= 11 is 0. The highest BCUT2D eigenvalue weighted by Crippen LogP contribution is 2.42. The van der Waals surface area contributed by atoms with Gasteiger partial charge in [0.15, 0.2) is 0 Å². The summed E-state index contributed by atoms with van der Waals surface area (Å²) < 4.78 is 6.13. The van der Waals surface area contributed by atoms with Crippen molar-refractivity contribution in [2.75, 3.05) is 6.54 Å². The average Bonchev–Trinajstić information content (AvgIpc) is 3.74. The smallest absolute Gasteiger partial charge is 0.411 e. The van der Waals surface area contributed by atoms with Crippen LogP contribution in [0.1, 0.15) is 75.2 Å². The Morgan fingerprint density at radius 3 is 2.26 bits per heavy atom. The number of aliphatic hydroxyl groups is 1. The number of carbonyl (C=O) groups is 2. The van der Waals surface area contributed by atoms with Crippen LogP contribution in [0.25, 0.3) is 11.3 Å². The Balaban J connectivity index is 0.000000826. The summed E-state index contributed by atoms with van der Waals surface area (Å²) in [5.74, 6) is 0.591. The van der Waals surface area contributed by atoms with Crippen molar-refractivity contribution < 1.29 is 24.5 Å². The highest BCUT2D eigenvalue weighted by molar-refractivity contribution is 5.70. The fourth-order valence-corrected chi connectivity index (χ4v) is 5.10. The number of benzene rings is 2. The monoisotopic (exact) mass is 532 g/mol. The van der Waals surface area contributed by atoms with Crippen LogP contribution < -0.4 is 5.73 Å². The normalized spacial score (nSPS) is 19.9. The van der Waals surface area contributed by atoms with E-state index in [0.29, 0.717) is 25.3 Å². The molecule has 1 aromatic heterocycles. The van der Waals surface area contributed by atoms with Gasteiger partial charge in [0.2, 0.25) is 0 Å². The molecular formula is C30H36N4O5. The van der Waals surface area contributed by atoms with Gasteiger partial charge in [0.05, 0.1) is 23.0 Å². The Kier molecular flexibility index (Phi) is 8.20. The molecule has 9 nitrogen and oxygen atoms in total.